The highest BCUT2D eigenvalue weighted by molar-refractivity contribution is 7.99. The third-order valence-corrected chi connectivity index (χ3v) is 5.36. The summed E-state index contributed by atoms with van der Waals surface area (Å²) in [6.45, 7) is 3.10. The summed E-state index contributed by atoms with van der Waals surface area (Å²) in [6.07, 6.45) is 8.15. The second-order valence-corrected chi connectivity index (χ2v) is 6.39. The third kappa shape index (κ3) is 3.16. The van der Waals surface area contributed by atoms with Gasteiger partial charge in [0.25, 0.3) is 0 Å². The van der Waals surface area contributed by atoms with Gasteiger partial charge >= 0.3 is 0 Å². The van der Waals surface area contributed by atoms with Crippen molar-refractivity contribution in [3.8, 4) is 0 Å². The van der Waals surface area contributed by atoms with Crippen molar-refractivity contribution in [2.75, 3.05) is 12.8 Å². The fourth-order valence-electron chi connectivity index (χ4n) is 3.05. The summed E-state index contributed by atoms with van der Waals surface area (Å²) in [4.78, 5) is 12.2. The van der Waals surface area contributed by atoms with E-state index in [2.05, 4.69) is 23.8 Å². The molecule has 4 heteroatoms. The minimum absolute atomic E-state index is 0.180. The number of hydrogen-bond acceptors (Lipinski definition) is 3. The van der Waals surface area contributed by atoms with Crippen LogP contribution in [0.3, 0.4) is 0 Å². The van der Waals surface area contributed by atoms with Gasteiger partial charge in [-0.15, -0.1) is 0 Å². The van der Waals surface area contributed by atoms with Crippen LogP contribution in [0, 0.1) is 5.92 Å². The fraction of sp³-hybridized carbons (Fsp3) is 0.923. The van der Waals surface area contributed by atoms with Crippen LogP contribution in [0.1, 0.15) is 39.0 Å². The van der Waals surface area contributed by atoms with Crippen LogP contribution >= 0.6 is 11.8 Å². The predicted molar refractivity (Wildman–Crippen MR) is 73.3 cm³/mol. The average Bonchev–Trinajstić information content (AvgIpc) is 2.76. The quantitative estimate of drug-likeness (QED) is 0.808. The number of carbonyl (C=O) groups excluding carboxylic acids is 1. The molecule has 1 heterocycles. The van der Waals surface area contributed by atoms with Gasteiger partial charge in [-0.1, -0.05) is 12.8 Å². The molecular weight excluding hydrogens is 232 g/mol. The third-order valence-electron chi connectivity index (χ3n) is 4.19. The van der Waals surface area contributed by atoms with Gasteiger partial charge in [0.15, 0.2) is 0 Å². The van der Waals surface area contributed by atoms with Crippen molar-refractivity contribution < 1.29 is 4.79 Å². The van der Waals surface area contributed by atoms with Crippen molar-refractivity contribution in [1.29, 1.82) is 0 Å². The predicted octanol–water partition coefficient (Wildman–Crippen LogP) is 1.77. The SMILES string of the molecule is CSC1CCCCC1NC(=O)C1CCNC1C. The molecule has 1 saturated heterocycles. The number of rotatable bonds is 3. The van der Waals surface area contributed by atoms with Crippen LogP contribution in [-0.2, 0) is 4.79 Å². The maximum absolute atomic E-state index is 12.2. The van der Waals surface area contributed by atoms with E-state index in [0.717, 1.165) is 19.4 Å². The number of nitrogens with one attached hydrogen (secondary N) is 2. The van der Waals surface area contributed by atoms with Gasteiger partial charge in [0.1, 0.15) is 0 Å². The Bertz CT molecular complexity index is 272. The zero-order valence-electron chi connectivity index (χ0n) is 10.9. The Morgan fingerprint density at radius 1 is 1.29 bits per heavy atom. The lowest BCUT2D eigenvalue weighted by atomic mass is 9.93. The molecule has 2 N–H and O–H groups in total. The Hall–Kier alpha value is -0.220. The highest BCUT2D eigenvalue weighted by Crippen LogP contribution is 2.27. The molecule has 1 aliphatic heterocycles. The van der Waals surface area contributed by atoms with Gasteiger partial charge in [-0.25, -0.2) is 0 Å². The Morgan fingerprint density at radius 2 is 2.06 bits per heavy atom. The standard InChI is InChI=1S/C13H24N2OS/c1-9-10(7-8-14-9)13(16)15-11-5-3-4-6-12(11)17-2/h9-12,14H,3-8H2,1-2H3,(H,15,16). The van der Waals surface area contributed by atoms with E-state index in [4.69, 9.17) is 0 Å². The summed E-state index contributed by atoms with van der Waals surface area (Å²) in [5.74, 6) is 0.452. The van der Waals surface area contributed by atoms with Crippen molar-refractivity contribution in [2.45, 2.75) is 56.4 Å². The lowest BCUT2D eigenvalue weighted by Crippen LogP contribution is -2.47. The van der Waals surface area contributed by atoms with Crippen molar-refractivity contribution in [3.63, 3.8) is 0 Å². The lowest BCUT2D eigenvalue weighted by Gasteiger charge is -2.32. The lowest BCUT2D eigenvalue weighted by molar-refractivity contribution is -0.126. The van der Waals surface area contributed by atoms with Crippen LogP contribution < -0.4 is 10.6 Å². The van der Waals surface area contributed by atoms with E-state index < -0.39 is 0 Å². The van der Waals surface area contributed by atoms with Crippen molar-refractivity contribution in [3.05, 3.63) is 0 Å². The Kier molecular flexibility index (Phi) is 4.74. The summed E-state index contributed by atoms with van der Waals surface area (Å²) < 4.78 is 0. The molecular formula is C13H24N2OS. The van der Waals surface area contributed by atoms with Gasteiger partial charge in [-0.05, 0) is 39.0 Å². The zero-order chi connectivity index (χ0) is 12.3. The maximum atomic E-state index is 12.2. The second kappa shape index (κ2) is 6.10. The molecule has 2 fully saturated rings. The van der Waals surface area contributed by atoms with Crippen molar-refractivity contribution in [2.24, 2.45) is 5.92 Å². The number of carbonyl (C=O) groups is 1. The molecule has 98 valence electrons. The fourth-order valence-corrected chi connectivity index (χ4v) is 3.99. The van der Waals surface area contributed by atoms with Gasteiger partial charge in [0, 0.05) is 17.3 Å². The molecule has 0 aromatic rings. The first-order valence-corrected chi connectivity index (χ1v) is 8.07. The van der Waals surface area contributed by atoms with Crippen LogP contribution in [0.15, 0.2) is 0 Å². The first kappa shape index (κ1) is 13.2. The molecule has 0 aromatic heterocycles. The molecule has 17 heavy (non-hydrogen) atoms. The van der Waals surface area contributed by atoms with E-state index in [0.29, 0.717) is 17.3 Å². The molecule has 4 atom stereocenters. The van der Waals surface area contributed by atoms with E-state index in [1.807, 2.05) is 11.8 Å². The van der Waals surface area contributed by atoms with Gasteiger partial charge in [-0.3, -0.25) is 4.79 Å². The topological polar surface area (TPSA) is 41.1 Å². The van der Waals surface area contributed by atoms with Crippen molar-refractivity contribution in [1.82, 2.24) is 10.6 Å². The first-order valence-electron chi connectivity index (χ1n) is 6.79. The van der Waals surface area contributed by atoms with Crippen LogP contribution in [0.25, 0.3) is 0 Å². The Labute approximate surface area is 108 Å². The van der Waals surface area contributed by atoms with Gasteiger partial charge in [0.2, 0.25) is 5.91 Å². The number of hydrogen-bond donors (Lipinski definition) is 2. The molecule has 0 bridgehead atoms. The first-order chi connectivity index (χ1) is 8.22. The molecule has 0 aromatic carbocycles. The normalized spacial score (nSPS) is 38.0. The van der Waals surface area contributed by atoms with Crippen LogP contribution in [0.4, 0.5) is 0 Å². The van der Waals surface area contributed by atoms with Crippen LogP contribution in [0.2, 0.25) is 0 Å². The maximum Gasteiger partial charge on any atom is 0.224 e. The Balaban J connectivity index is 1.88. The molecule has 1 saturated carbocycles. The Morgan fingerprint density at radius 3 is 2.71 bits per heavy atom. The molecule has 0 spiro atoms. The number of amides is 1. The van der Waals surface area contributed by atoms with Gasteiger partial charge < -0.3 is 10.6 Å². The smallest absolute Gasteiger partial charge is 0.224 e. The summed E-state index contributed by atoms with van der Waals surface area (Å²) >= 11 is 1.91. The minimum atomic E-state index is 0.180. The minimum Gasteiger partial charge on any atom is -0.352 e. The highest BCUT2D eigenvalue weighted by Gasteiger charge is 2.32. The summed E-state index contributed by atoms with van der Waals surface area (Å²) in [7, 11) is 0. The zero-order valence-corrected chi connectivity index (χ0v) is 11.7. The molecule has 1 amide bonds. The molecule has 3 nitrogen and oxygen atoms in total. The summed E-state index contributed by atoms with van der Waals surface area (Å²) in [5.41, 5.74) is 0. The molecule has 2 aliphatic rings. The summed E-state index contributed by atoms with van der Waals surface area (Å²) in [5, 5.41) is 7.26. The van der Waals surface area contributed by atoms with Crippen LogP contribution in [0.5, 0.6) is 0 Å². The molecule has 2 rings (SSSR count). The molecule has 4 unspecified atom stereocenters. The van der Waals surface area contributed by atoms with E-state index in [1.54, 1.807) is 0 Å². The van der Waals surface area contributed by atoms with E-state index in [-0.39, 0.29) is 11.8 Å². The van der Waals surface area contributed by atoms with Gasteiger partial charge in [0.05, 0.1) is 5.92 Å². The van der Waals surface area contributed by atoms with E-state index >= 15 is 0 Å². The molecule has 1 aliphatic carbocycles. The number of thioether (sulfide) groups is 1. The van der Waals surface area contributed by atoms with Gasteiger partial charge in [-0.2, -0.15) is 11.8 Å². The second-order valence-electron chi connectivity index (χ2n) is 5.31. The monoisotopic (exact) mass is 256 g/mol. The van der Waals surface area contributed by atoms with E-state index in [9.17, 15) is 4.79 Å². The van der Waals surface area contributed by atoms with Crippen LogP contribution in [-0.4, -0.2) is 36.0 Å². The highest BCUT2D eigenvalue weighted by atomic mass is 32.2. The molecule has 0 radical (unpaired) electrons. The van der Waals surface area contributed by atoms with E-state index in [1.165, 1.54) is 19.3 Å². The average molecular weight is 256 g/mol. The summed E-state index contributed by atoms with van der Waals surface area (Å²) in [6, 6.07) is 0.741. The largest absolute Gasteiger partial charge is 0.352 e. The van der Waals surface area contributed by atoms with Crippen molar-refractivity contribution >= 4 is 17.7 Å².